The van der Waals surface area contributed by atoms with Crippen molar-refractivity contribution in [2.24, 2.45) is 0 Å². The van der Waals surface area contributed by atoms with Gasteiger partial charge in [0.2, 0.25) is 0 Å². The van der Waals surface area contributed by atoms with E-state index >= 15 is 0 Å². The fourth-order valence-corrected chi connectivity index (χ4v) is 1.85. The minimum atomic E-state index is 0.469. The largest absolute Gasteiger partial charge is 0.486 e. The molecule has 1 N–H and O–H groups in total. The summed E-state index contributed by atoms with van der Waals surface area (Å²) in [5, 5.41) is 3.11. The predicted octanol–water partition coefficient (Wildman–Crippen LogP) is 3.14. The molecule has 0 radical (unpaired) electrons. The van der Waals surface area contributed by atoms with Crippen LogP contribution in [0.25, 0.3) is 0 Å². The third-order valence-corrected chi connectivity index (χ3v) is 2.88. The average molecular weight is 245 g/mol. The molecule has 0 bridgehead atoms. The molecule has 2 aromatic rings. The van der Waals surface area contributed by atoms with E-state index in [0.29, 0.717) is 6.61 Å². The normalized spacial score (nSPS) is 10.6. The number of furan rings is 1. The van der Waals surface area contributed by atoms with Gasteiger partial charge in [0.15, 0.2) is 0 Å². The molecule has 0 unspecified atom stereocenters. The van der Waals surface area contributed by atoms with E-state index in [2.05, 4.69) is 24.4 Å². The molecule has 2 rings (SSSR count). The van der Waals surface area contributed by atoms with Gasteiger partial charge in [0, 0.05) is 12.1 Å². The Morgan fingerprint density at radius 3 is 2.94 bits per heavy atom. The summed E-state index contributed by atoms with van der Waals surface area (Å²) in [5.41, 5.74) is 2.42. The van der Waals surface area contributed by atoms with Crippen molar-refractivity contribution in [1.29, 1.82) is 0 Å². The van der Waals surface area contributed by atoms with E-state index in [1.54, 1.807) is 6.26 Å². The lowest BCUT2D eigenvalue weighted by Crippen LogP contribution is -2.07. The molecule has 3 heteroatoms. The van der Waals surface area contributed by atoms with Crippen molar-refractivity contribution in [3.63, 3.8) is 0 Å². The number of nitrogens with one attached hydrogen (secondary N) is 1. The zero-order valence-corrected chi connectivity index (χ0v) is 10.9. The van der Waals surface area contributed by atoms with Gasteiger partial charge in [-0.3, -0.25) is 0 Å². The Hall–Kier alpha value is -1.74. The highest BCUT2D eigenvalue weighted by Gasteiger charge is 2.06. The van der Waals surface area contributed by atoms with Crippen LogP contribution in [0, 0.1) is 0 Å². The highest BCUT2D eigenvalue weighted by atomic mass is 16.5. The van der Waals surface area contributed by atoms with Gasteiger partial charge in [0.05, 0.1) is 6.26 Å². The molecule has 0 amide bonds. The molecule has 0 aliphatic carbocycles. The van der Waals surface area contributed by atoms with Crippen LogP contribution in [-0.2, 0) is 19.6 Å². The first-order chi connectivity index (χ1) is 8.83. The number of ether oxygens (including phenoxy) is 1. The summed E-state index contributed by atoms with van der Waals surface area (Å²) in [5.74, 6) is 1.77. The van der Waals surface area contributed by atoms with Crippen LogP contribution in [0.4, 0.5) is 0 Å². The quantitative estimate of drug-likeness (QED) is 0.849. The van der Waals surface area contributed by atoms with Gasteiger partial charge in [-0.25, -0.2) is 0 Å². The summed E-state index contributed by atoms with van der Waals surface area (Å²) < 4.78 is 11.2. The fourth-order valence-electron chi connectivity index (χ4n) is 1.85. The smallest absolute Gasteiger partial charge is 0.146 e. The minimum absolute atomic E-state index is 0.469. The van der Waals surface area contributed by atoms with Crippen molar-refractivity contribution in [3.8, 4) is 5.75 Å². The Bertz CT molecular complexity index is 491. The zero-order valence-electron chi connectivity index (χ0n) is 10.9. The monoisotopic (exact) mass is 245 g/mol. The molecule has 0 aliphatic heterocycles. The highest BCUT2D eigenvalue weighted by Crippen LogP contribution is 2.17. The average Bonchev–Trinajstić information content (AvgIpc) is 2.85. The van der Waals surface area contributed by atoms with Crippen LogP contribution in [0.15, 0.2) is 41.0 Å². The molecule has 0 fully saturated rings. The lowest BCUT2D eigenvalue weighted by Gasteiger charge is -2.07. The predicted molar refractivity (Wildman–Crippen MR) is 71.6 cm³/mol. The molecule has 1 aromatic carbocycles. The van der Waals surface area contributed by atoms with E-state index in [0.717, 1.165) is 30.0 Å². The van der Waals surface area contributed by atoms with E-state index in [1.165, 1.54) is 5.56 Å². The topological polar surface area (TPSA) is 34.4 Å². The van der Waals surface area contributed by atoms with Crippen LogP contribution in [0.3, 0.4) is 0 Å². The lowest BCUT2D eigenvalue weighted by atomic mass is 10.2. The lowest BCUT2D eigenvalue weighted by molar-refractivity contribution is 0.268. The summed E-state index contributed by atoms with van der Waals surface area (Å²) in [7, 11) is 1.92. The van der Waals surface area contributed by atoms with Gasteiger partial charge >= 0.3 is 0 Å². The molecule has 0 saturated heterocycles. The third kappa shape index (κ3) is 3.14. The van der Waals surface area contributed by atoms with Crippen LogP contribution in [-0.4, -0.2) is 7.05 Å². The van der Waals surface area contributed by atoms with Crippen LogP contribution >= 0.6 is 0 Å². The summed E-state index contributed by atoms with van der Waals surface area (Å²) >= 11 is 0. The van der Waals surface area contributed by atoms with E-state index < -0.39 is 0 Å². The first-order valence-corrected chi connectivity index (χ1v) is 6.25. The zero-order chi connectivity index (χ0) is 12.8. The van der Waals surface area contributed by atoms with Gasteiger partial charge in [-0.15, -0.1) is 0 Å². The standard InChI is InChI=1S/C15H19NO2/c1-3-12-5-4-6-14(9-12)18-11-15-13(10-16-2)7-8-17-15/h4-9,16H,3,10-11H2,1-2H3. The SMILES string of the molecule is CCc1cccc(OCc2occc2CNC)c1. The van der Waals surface area contributed by atoms with Crippen molar-refractivity contribution in [1.82, 2.24) is 5.32 Å². The summed E-state index contributed by atoms with van der Waals surface area (Å²) in [4.78, 5) is 0. The second-order valence-electron chi connectivity index (χ2n) is 4.19. The fraction of sp³-hybridized carbons (Fsp3) is 0.333. The highest BCUT2D eigenvalue weighted by molar-refractivity contribution is 5.28. The van der Waals surface area contributed by atoms with E-state index in [-0.39, 0.29) is 0 Å². The van der Waals surface area contributed by atoms with Gasteiger partial charge in [0.25, 0.3) is 0 Å². The maximum atomic E-state index is 5.76. The second kappa shape index (κ2) is 6.26. The van der Waals surface area contributed by atoms with Crippen LogP contribution < -0.4 is 10.1 Å². The number of rotatable bonds is 6. The molecule has 0 spiro atoms. The number of aryl methyl sites for hydroxylation is 1. The van der Waals surface area contributed by atoms with E-state index in [1.807, 2.05) is 25.2 Å². The molecular weight excluding hydrogens is 226 g/mol. The Morgan fingerprint density at radius 1 is 1.28 bits per heavy atom. The second-order valence-corrected chi connectivity index (χ2v) is 4.19. The van der Waals surface area contributed by atoms with Gasteiger partial charge in [-0.05, 0) is 37.2 Å². The molecule has 0 saturated carbocycles. The summed E-state index contributed by atoms with van der Waals surface area (Å²) in [6, 6.07) is 10.1. The summed E-state index contributed by atoms with van der Waals surface area (Å²) in [6.07, 6.45) is 2.72. The van der Waals surface area contributed by atoms with Crippen molar-refractivity contribution in [2.45, 2.75) is 26.5 Å². The van der Waals surface area contributed by atoms with Gasteiger partial charge in [-0.1, -0.05) is 19.1 Å². The minimum Gasteiger partial charge on any atom is -0.486 e. The Labute approximate surface area is 108 Å². The van der Waals surface area contributed by atoms with Crippen LogP contribution in [0.2, 0.25) is 0 Å². The van der Waals surface area contributed by atoms with Crippen molar-refractivity contribution >= 4 is 0 Å². The molecule has 3 nitrogen and oxygen atoms in total. The third-order valence-electron chi connectivity index (χ3n) is 2.88. The van der Waals surface area contributed by atoms with Crippen LogP contribution in [0.5, 0.6) is 5.75 Å². The Kier molecular flexibility index (Phi) is 4.42. The van der Waals surface area contributed by atoms with Gasteiger partial charge in [-0.2, -0.15) is 0 Å². The first-order valence-electron chi connectivity index (χ1n) is 6.25. The number of benzene rings is 1. The number of hydrogen-bond acceptors (Lipinski definition) is 3. The van der Waals surface area contributed by atoms with Crippen molar-refractivity contribution in [3.05, 3.63) is 53.5 Å². The van der Waals surface area contributed by atoms with E-state index in [4.69, 9.17) is 9.15 Å². The van der Waals surface area contributed by atoms with Gasteiger partial charge in [0.1, 0.15) is 18.1 Å². The molecule has 1 aromatic heterocycles. The van der Waals surface area contributed by atoms with Gasteiger partial charge < -0.3 is 14.5 Å². The van der Waals surface area contributed by atoms with E-state index in [9.17, 15) is 0 Å². The first kappa shape index (κ1) is 12.7. The molecule has 0 aliphatic rings. The summed E-state index contributed by atoms with van der Waals surface area (Å²) in [6.45, 7) is 3.40. The molecule has 18 heavy (non-hydrogen) atoms. The maximum absolute atomic E-state index is 5.76. The molecule has 0 atom stereocenters. The number of hydrogen-bond donors (Lipinski definition) is 1. The van der Waals surface area contributed by atoms with Crippen molar-refractivity contribution in [2.75, 3.05) is 7.05 Å². The Morgan fingerprint density at radius 2 is 2.17 bits per heavy atom. The molecule has 96 valence electrons. The van der Waals surface area contributed by atoms with Crippen molar-refractivity contribution < 1.29 is 9.15 Å². The molecule has 1 heterocycles. The van der Waals surface area contributed by atoms with Crippen LogP contribution in [0.1, 0.15) is 23.8 Å². The maximum Gasteiger partial charge on any atom is 0.146 e. The Balaban J connectivity index is 1.99. The molecular formula is C15H19NO2.